The average molecular weight is 238 g/mol. The number of rotatable bonds is 6. The van der Waals surface area contributed by atoms with Crippen LogP contribution in [0.25, 0.3) is 0 Å². The van der Waals surface area contributed by atoms with Crippen LogP contribution in [0.15, 0.2) is 37.1 Å². The summed E-state index contributed by atoms with van der Waals surface area (Å²) in [5.74, 6) is -2.13. The fourth-order valence-corrected chi connectivity index (χ4v) is 0.829. The van der Waals surface area contributed by atoms with E-state index in [9.17, 15) is 14.4 Å². The van der Waals surface area contributed by atoms with Gasteiger partial charge in [0.15, 0.2) is 0 Å². The fraction of sp³-hybridized carbons (Fsp3) is 0.182. The SMILES string of the molecule is C=CC(=O)NCN(C=C(C)C(=O)O)C(=O)C=C. The number of amides is 2. The molecule has 17 heavy (non-hydrogen) atoms. The lowest BCUT2D eigenvalue weighted by Gasteiger charge is -2.17. The Kier molecular flexibility index (Phi) is 6.02. The molecule has 0 bridgehead atoms. The van der Waals surface area contributed by atoms with Gasteiger partial charge in [-0.1, -0.05) is 13.2 Å². The molecule has 0 aliphatic rings. The van der Waals surface area contributed by atoms with E-state index in [1.807, 2.05) is 0 Å². The van der Waals surface area contributed by atoms with Crippen molar-refractivity contribution in [1.29, 1.82) is 0 Å². The third-order valence-corrected chi connectivity index (χ3v) is 1.75. The highest BCUT2D eigenvalue weighted by molar-refractivity contribution is 5.91. The summed E-state index contributed by atoms with van der Waals surface area (Å²) in [4.78, 5) is 33.9. The summed E-state index contributed by atoms with van der Waals surface area (Å²) in [6.07, 6.45) is 3.19. The molecule has 0 heterocycles. The molecular weight excluding hydrogens is 224 g/mol. The first-order valence-electron chi connectivity index (χ1n) is 4.67. The minimum Gasteiger partial charge on any atom is -0.478 e. The zero-order valence-electron chi connectivity index (χ0n) is 9.47. The molecule has 0 saturated carbocycles. The second-order valence-electron chi connectivity index (χ2n) is 3.03. The molecule has 0 unspecified atom stereocenters. The Balaban J connectivity index is 4.77. The first-order chi connectivity index (χ1) is 7.92. The highest BCUT2D eigenvalue weighted by Crippen LogP contribution is 1.98. The van der Waals surface area contributed by atoms with E-state index in [1.54, 1.807) is 0 Å². The summed E-state index contributed by atoms with van der Waals surface area (Å²) >= 11 is 0. The third-order valence-electron chi connectivity index (χ3n) is 1.75. The van der Waals surface area contributed by atoms with Gasteiger partial charge in [-0.15, -0.1) is 0 Å². The molecular formula is C11H14N2O4. The number of nitrogens with one attached hydrogen (secondary N) is 1. The van der Waals surface area contributed by atoms with Crippen molar-refractivity contribution >= 4 is 17.8 Å². The lowest BCUT2D eigenvalue weighted by atomic mass is 10.3. The predicted molar refractivity (Wildman–Crippen MR) is 61.6 cm³/mol. The Bertz CT molecular complexity index is 385. The van der Waals surface area contributed by atoms with Gasteiger partial charge in [0.05, 0.1) is 12.2 Å². The quantitative estimate of drug-likeness (QED) is 0.513. The van der Waals surface area contributed by atoms with Crippen molar-refractivity contribution in [2.24, 2.45) is 0 Å². The van der Waals surface area contributed by atoms with E-state index < -0.39 is 17.8 Å². The lowest BCUT2D eigenvalue weighted by molar-refractivity contribution is -0.132. The Morgan fingerprint density at radius 1 is 1.29 bits per heavy atom. The standard InChI is InChI=1S/C11H14N2O4/c1-4-9(14)12-7-13(10(15)5-2)6-8(3)11(16)17/h4-6H,1-2,7H2,3H3,(H,12,14)(H,16,17). The molecule has 0 aromatic heterocycles. The summed E-state index contributed by atoms with van der Waals surface area (Å²) in [5, 5.41) is 11.0. The van der Waals surface area contributed by atoms with Gasteiger partial charge in [-0.25, -0.2) is 4.79 Å². The molecule has 92 valence electrons. The minimum atomic E-state index is -1.15. The van der Waals surface area contributed by atoms with Crippen LogP contribution in [0.3, 0.4) is 0 Å². The maximum atomic E-state index is 11.4. The van der Waals surface area contributed by atoms with E-state index in [4.69, 9.17) is 5.11 Å². The maximum Gasteiger partial charge on any atom is 0.332 e. The smallest absolute Gasteiger partial charge is 0.332 e. The summed E-state index contributed by atoms with van der Waals surface area (Å²) in [6.45, 7) is 7.71. The van der Waals surface area contributed by atoms with Gasteiger partial charge in [-0.05, 0) is 19.1 Å². The largest absolute Gasteiger partial charge is 0.478 e. The molecule has 0 saturated heterocycles. The highest BCUT2D eigenvalue weighted by atomic mass is 16.4. The molecule has 2 N–H and O–H groups in total. The molecule has 0 spiro atoms. The van der Waals surface area contributed by atoms with Crippen molar-refractivity contribution in [3.63, 3.8) is 0 Å². The van der Waals surface area contributed by atoms with E-state index in [1.165, 1.54) is 6.92 Å². The summed E-state index contributed by atoms with van der Waals surface area (Å²) in [6, 6.07) is 0. The second-order valence-corrected chi connectivity index (χ2v) is 3.03. The van der Waals surface area contributed by atoms with E-state index in [0.717, 1.165) is 23.3 Å². The van der Waals surface area contributed by atoms with Crippen LogP contribution in [0.1, 0.15) is 6.92 Å². The van der Waals surface area contributed by atoms with Gasteiger partial charge < -0.3 is 10.4 Å². The minimum absolute atomic E-state index is 0.0342. The van der Waals surface area contributed by atoms with Crippen LogP contribution in [0.5, 0.6) is 0 Å². The number of carboxylic acids is 1. The summed E-state index contributed by atoms with van der Waals surface area (Å²) in [5.41, 5.74) is -0.0342. The average Bonchev–Trinajstić information content (AvgIpc) is 2.32. The van der Waals surface area contributed by atoms with E-state index in [-0.39, 0.29) is 12.2 Å². The molecule has 0 radical (unpaired) electrons. The first kappa shape index (κ1) is 14.6. The van der Waals surface area contributed by atoms with Gasteiger partial charge in [-0.2, -0.15) is 0 Å². The monoisotopic (exact) mass is 238 g/mol. The number of aliphatic carboxylic acids is 1. The maximum absolute atomic E-state index is 11.4. The molecule has 0 aromatic rings. The van der Waals surface area contributed by atoms with Gasteiger partial charge in [-0.3, -0.25) is 14.5 Å². The van der Waals surface area contributed by atoms with Gasteiger partial charge in [0.25, 0.3) is 5.91 Å². The number of hydrogen-bond acceptors (Lipinski definition) is 3. The Morgan fingerprint density at radius 2 is 1.88 bits per heavy atom. The van der Waals surface area contributed by atoms with Crippen molar-refractivity contribution in [1.82, 2.24) is 10.2 Å². The molecule has 0 aromatic carbocycles. The van der Waals surface area contributed by atoms with Crippen LogP contribution >= 0.6 is 0 Å². The molecule has 6 nitrogen and oxygen atoms in total. The number of hydrogen-bond donors (Lipinski definition) is 2. The summed E-state index contributed by atoms with van der Waals surface area (Å²) < 4.78 is 0. The van der Waals surface area contributed by atoms with Gasteiger partial charge in [0.2, 0.25) is 5.91 Å². The van der Waals surface area contributed by atoms with Crippen LogP contribution < -0.4 is 5.32 Å². The van der Waals surface area contributed by atoms with Crippen molar-refractivity contribution in [2.75, 3.05) is 6.67 Å². The van der Waals surface area contributed by atoms with E-state index in [2.05, 4.69) is 18.5 Å². The molecule has 0 rings (SSSR count). The van der Waals surface area contributed by atoms with E-state index >= 15 is 0 Å². The van der Waals surface area contributed by atoms with Crippen LogP contribution in [0, 0.1) is 0 Å². The van der Waals surface area contributed by atoms with Crippen molar-refractivity contribution in [2.45, 2.75) is 6.92 Å². The Morgan fingerprint density at radius 3 is 2.29 bits per heavy atom. The number of nitrogens with zero attached hydrogens (tertiary/aromatic N) is 1. The van der Waals surface area contributed by atoms with Crippen molar-refractivity contribution < 1.29 is 19.5 Å². The van der Waals surface area contributed by atoms with Crippen molar-refractivity contribution in [3.8, 4) is 0 Å². The normalized spacial score (nSPS) is 10.3. The Labute approximate surface area is 98.9 Å². The predicted octanol–water partition coefficient (Wildman–Crippen LogP) is 0.249. The molecule has 2 amide bonds. The number of carbonyl (C=O) groups excluding carboxylic acids is 2. The van der Waals surface area contributed by atoms with Crippen LogP contribution in [-0.4, -0.2) is 34.5 Å². The molecule has 0 atom stereocenters. The molecule has 0 fully saturated rings. The molecule has 0 aliphatic carbocycles. The fourth-order valence-electron chi connectivity index (χ4n) is 0.829. The zero-order chi connectivity index (χ0) is 13.4. The highest BCUT2D eigenvalue weighted by Gasteiger charge is 2.10. The lowest BCUT2D eigenvalue weighted by Crippen LogP contribution is -2.37. The van der Waals surface area contributed by atoms with E-state index in [0.29, 0.717) is 0 Å². The van der Waals surface area contributed by atoms with Crippen LogP contribution in [0.2, 0.25) is 0 Å². The number of carboxylic acid groups (broad SMARTS) is 1. The zero-order valence-corrected chi connectivity index (χ0v) is 9.47. The van der Waals surface area contributed by atoms with Crippen LogP contribution in [0.4, 0.5) is 0 Å². The van der Waals surface area contributed by atoms with Gasteiger partial charge in [0.1, 0.15) is 0 Å². The topological polar surface area (TPSA) is 86.7 Å². The van der Waals surface area contributed by atoms with Crippen LogP contribution in [-0.2, 0) is 14.4 Å². The summed E-state index contributed by atoms with van der Waals surface area (Å²) in [7, 11) is 0. The van der Waals surface area contributed by atoms with Crippen molar-refractivity contribution in [3.05, 3.63) is 37.1 Å². The molecule has 0 aliphatic heterocycles. The second kappa shape index (κ2) is 7.00. The van der Waals surface area contributed by atoms with Gasteiger partial charge in [0, 0.05) is 6.20 Å². The third kappa shape index (κ3) is 5.31. The van der Waals surface area contributed by atoms with Gasteiger partial charge >= 0.3 is 5.97 Å². The number of carbonyl (C=O) groups is 3. The molecule has 6 heteroatoms. The first-order valence-corrected chi connectivity index (χ1v) is 4.67. The Hall–Kier alpha value is -2.37.